The van der Waals surface area contributed by atoms with Crippen LogP contribution in [0, 0.1) is 31.4 Å². The van der Waals surface area contributed by atoms with Gasteiger partial charge < -0.3 is 24.6 Å². The summed E-state index contributed by atoms with van der Waals surface area (Å²) in [6.45, 7) is 3.75. The second-order valence-corrected chi connectivity index (χ2v) is 9.73. The number of carbonyl (C=O) groups is 2. The molecule has 0 atom stereocenters. The molecule has 11 heteroatoms. The molecule has 0 bridgehead atoms. The summed E-state index contributed by atoms with van der Waals surface area (Å²) in [5.41, 5.74) is 8.98. The first-order valence-corrected chi connectivity index (χ1v) is 13.9. The van der Waals surface area contributed by atoms with Gasteiger partial charge in [0.1, 0.15) is 34.2 Å². The fraction of sp³-hybridized carbons (Fsp3) is 0.143. The third-order valence-corrected chi connectivity index (χ3v) is 6.99. The molecule has 6 rings (SSSR count). The monoisotopic (exact) mass is 624 g/mol. The largest absolute Gasteiger partial charge is 0.496 e. The van der Waals surface area contributed by atoms with Gasteiger partial charge in [-0.05, 0) is 66.6 Å². The Morgan fingerprint density at radius 1 is 1.00 bits per heavy atom. The smallest absolute Gasteiger partial charge is 0.255 e. The molecule has 6 aromatic rings. The number of methoxy groups -OCH3 is 1. The minimum atomic E-state index is -0.720. The van der Waals surface area contributed by atoms with Crippen LogP contribution in [0.1, 0.15) is 39.1 Å². The summed E-state index contributed by atoms with van der Waals surface area (Å²) >= 11 is 0. The summed E-state index contributed by atoms with van der Waals surface area (Å²) in [4.78, 5) is 32.8. The fourth-order valence-corrected chi connectivity index (χ4v) is 4.82. The molecule has 0 radical (unpaired) electrons. The van der Waals surface area contributed by atoms with Gasteiger partial charge in [0.05, 0.1) is 29.8 Å². The van der Waals surface area contributed by atoms with Crippen LogP contribution < -0.4 is 15.8 Å². The number of furan rings is 1. The van der Waals surface area contributed by atoms with E-state index in [0.29, 0.717) is 16.7 Å². The minimum absolute atomic E-state index is 0.0141. The molecule has 0 aliphatic heterocycles. The van der Waals surface area contributed by atoms with Gasteiger partial charge in [0, 0.05) is 36.9 Å². The molecule has 3 aromatic heterocycles. The highest BCUT2D eigenvalue weighted by molar-refractivity contribution is 6.12. The fourth-order valence-electron chi connectivity index (χ4n) is 4.82. The number of halogens is 2. The average Bonchev–Trinajstić information content (AvgIpc) is 3.68. The van der Waals surface area contributed by atoms with Gasteiger partial charge in [-0.15, -0.1) is 12.8 Å². The van der Waals surface area contributed by atoms with Crippen molar-refractivity contribution in [2.45, 2.75) is 20.3 Å². The number of nitrogens with zero attached hydrogens (tertiary/aromatic N) is 2. The van der Waals surface area contributed by atoms with Crippen molar-refractivity contribution in [3.05, 3.63) is 101 Å². The number of fused-ring (bicyclic) bond motifs is 2. The SMILES string of the molecule is C#C.CCc1nc2cnccc2o1.CNC(=O)c1c(-c2ccc(F)cc2)oc2ccc(-c3cc(C(N)=O)c(OC)cc3C)c(F)c12. The van der Waals surface area contributed by atoms with Crippen LogP contribution in [0.15, 0.2) is 75.8 Å². The molecule has 0 aliphatic rings. The van der Waals surface area contributed by atoms with E-state index in [4.69, 9.17) is 19.3 Å². The summed E-state index contributed by atoms with van der Waals surface area (Å²) in [6, 6.07) is 13.3. The predicted molar refractivity (Wildman–Crippen MR) is 171 cm³/mol. The number of nitrogens with two attached hydrogens (primary N) is 1. The van der Waals surface area contributed by atoms with E-state index in [2.05, 4.69) is 28.1 Å². The number of amides is 2. The lowest BCUT2D eigenvalue weighted by Gasteiger charge is -2.13. The van der Waals surface area contributed by atoms with E-state index in [1.165, 1.54) is 50.6 Å². The topological polar surface area (TPSA) is 133 Å². The lowest BCUT2D eigenvalue weighted by atomic mass is 9.94. The number of benzene rings is 3. The molecular formula is C35H30F2N4O5. The zero-order valence-corrected chi connectivity index (χ0v) is 25.5. The second kappa shape index (κ2) is 14.2. The van der Waals surface area contributed by atoms with Crippen LogP contribution in [0.25, 0.3) is 44.5 Å². The third kappa shape index (κ3) is 6.42. The minimum Gasteiger partial charge on any atom is -0.496 e. The van der Waals surface area contributed by atoms with Gasteiger partial charge in [0.15, 0.2) is 11.5 Å². The Bertz CT molecular complexity index is 2030. The van der Waals surface area contributed by atoms with E-state index >= 15 is 4.39 Å². The number of aryl methyl sites for hydroxylation is 2. The highest BCUT2D eigenvalue weighted by Crippen LogP contribution is 2.40. The summed E-state index contributed by atoms with van der Waals surface area (Å²) in [7, 11) is 2.83. The highest BCUT2D eigenvalue weighted by Gasteiger charge is 2.27. The van der Waals surface area contributed by atoms with Crippen molar-refractivity contribution in [2.75, 3.05) is 14.2 Å². The number of rotatable bonds is 6. The van der Waals surface area contributed by atoms with Crippen molar-refractivity contribution in [3.63, 3.8) is 0 Å². The van der Waals surface area contributed by atoms with Crippen LogP contribution >= 0.6 is 0 Å². The van der Waals surface area contributed by atoms with Crippen molar-refractivity contribution in [1.29, 1.82) is 0 Å². The molecule has 0 unspecified atom stereocenters. The number of hydrogen-bond donors (Lipinski definition) is 2. The summed E-state index contributed by atoms with van der Waals surface area (Å²) in [5.74, 6) is -1.27. The van der Waals surface area contributed by atoms with E-state index < -0.39 is 23.4 Å². The Morgan fingerprint density at radius 3 is 2.33 bits per heavy atom. The van der Waals surface area contributed by atoms with Gasteiger partial charge in [-0.1, -0.05) is 6.92 Å². The van der Waals surface area contributed by atoms with Crippen molar-refractivity contribution in [1.82, 2.24) is 15.3 Å². The van der Waals surface area contributed by atoms with Crippen LogP contribution in [0.4, 0.5) is 8.78 Å². The zero-order valence-electron chi connectivity index (χ0n) is 25.5. The van der Waals surface area contributed by atoms with Crippen molar-refractivity contribution in [2.24, 2.45) is 5.73 Å². The standard InChI is InChI=1S/C25H20F2N2O4.C8H8N2O.C2H2/c1-12-10-19(32-3)17(24(28)30)11-16(12)15-8-9-18-20(22(15)27)21(25(31)29-2)23(33-18)13-4-6-14(26)7-5-13;1-2-8-10-6-5-9-4-3-7(6)11-8;1-2/h4-11H,1-3H3,(H2,28,30)(H,29,31);3-5H,2H2,1H3;1-2H. The maximum atomic E-state index is 16.0. The Kier molecular flexibility index (Phi) is 10.1. The third-order valence-electron chi connectivity index (χ3n) is 6.99. The van der Waals surface area contributed by atoms with E-state index in [1.807, 2.05) is 13.0 Å². The van der Waals surface area contributed by atoms with E-state index in [1.54, 1.807) is 31.5 Å². The van der Waals surface area contributed by atoms with Crippen molar-refractivity contribution < 1.29 is 31.9 Å². The number of hydrogen-bond acceptors (Lipinski definition) is 7. The Labute approximate surface area is 263 Å². The van der Waals surface area contributed by atoms with Crippen LogP contribution in [0.5, 0.6) is 5.75 Å². The highest BCUT2D eigenvalue weighted by atomic mass is 19.1. The molecule has 2 amide bonds. The lowest BCUT2D eigenvalue weighted by Crippen LogP contribution is -2.18. The maximum absolute atomic E-state index is 16.0. The Morgan fingerprint density at radius 2 is 1.72 bits per heavy atom. The predicted octanol–water partition coefficient (Wildman–Crippen LogP) is 6.86. The van der Waals surface area contributed by atoms with E-state index in [-0.39, 0.29) is 39.2 Å². The normalized spacial score (nSPS) is 10.4. The number of nitrogens with one attached hydrogen (secondary N) is 1. The number of carbonyl (C=O) groups excluding carboxylic acids is 2. The Balaban J connectivity index is 0.000000307. The molecule has 0 spiro atoms. The number of primary amides is 1. The van der Waals surface area contributed by atoms with Gasteiger partial charge in [-0.3, -0.25) is 14.6 Å². The molecule has 234 valence electrons. The van der Waals surface area contributed by atoms with E-state index in [9.17, 15) is 14.0 Å². The molecular weight excluding hydrogens is 594 g/mol. The lowest BCUT2D eigenvalue weighted by molar-refractivity contribution is 0.0962. The van der Waals surface area contributed by atoms with Crippen molar-refractivity contribution in [3.8, 4) is 41.0 Å². The summed E-state index contributed by atoms with van der Waals surface area (Å²) in [5, 5.41) is 2.47. The quantitative estimate of drug-likeness (QED) is 0.194. The first-order valence-electron chi connectivity index (χ1n) is 13.9. The zero-order chi connectivity index (χ0) is 33.5. The van der Waals surface area contributed by atoms with Gasteiger partial charge in [-0.2, -0.15) is 0 Å². The van der Waals surface area contributed by atoms with Crippen LogP contribution in [0.3, 0.4) is 0 Å². The number of oxazole rings is 1. The molecule has 0 saturated heterocycles. The molecule has 0 saturated carbocycles. The van der Waals surface area contributed by atoms with Gasteiger partial charge in [0.2, 0.25) is 0 Å². The molecule has 3 heterocycles. The molecule has 3 N–H and O–H groups in total. The van der Waals surface area contributed by atoms with Crippen LogP contribution in [-0.4, -0.2) is 35.9 Å². The maximum Gasteiger partial charge on any atom is 0.255 e. The summed E-state index contributed by atoms with van der Waals surface area (Å²) in [6.07, 6.45) is 12.2. The number of aromatic nitrogens is 2. The van der Waals surface area contributed by atoms with Crippen molar-refractivity contribution >= 4 is 33.9 Å². The molecule has 9 nitrogen and oxygen atoms in total. The number of terminal acetylenes is 1. The second-order valence-electron chi connectivity index (χ2n) is 9.73. The number of ether oxygens (including phenoxy) is 1. The average molecular weight is 625 g/mol. The first-order chi connectivity index (χ1) is 22.2. The Hall–Kier alpha value is -6.02. The van der Waals surface area contributed by atoms with Crippen LogP contribution in [-0.2, 0) is 6.42 Å². The van der Waals surface area contributed by atoms with E-state index in [0.717, 1.165) is 23.4 Å². The number of pyridine rings is 1. The molecule has 46 heavy (non-hydrogen) atoms. The van der Waals surface area contributed by atoms with Gasteiger partial charge >= 0.3 is 0 Å². The van der Waals surface area contributed by atoms with Gasteiger partial charge in [-0.25, -0.2) is 13.8 Å². The molecule has 0 fully saturated rings. The van der Waals surface area contributed by atoms with Gasteiger partial charge in [0.25, 0.3) is 11.8 Å². The molecule has 0 aliphatic carbocycles. The molecule has 3 aromatic carbocycles. The van der Waals surface area contributed by atoms with Crippen LogP contribution in [0.2, 0.25) is 0 Å². The summed E-state index contributed by atoms with van der Waals surface area (Å²) < 4.78 is 45.8. The first kappa shape index (κ1) is 32.9.